The number of nitrogens with zero attached hydrogens (tertiary/aromatic N) is 1. The number of nitrogens with one attached hydrogen (secondary N) is 1. The largest absolute Gasteiger partial charge is 0.255 e. The Morgan fingerprint density at radius 1 is 1.04 bits per heavy atom. The van der Waals surface area contributed by atoms with Crippen LogP contribution in [0.4, 0.5) is 0 Å². The number of rotatable bonds is 4. The van der Waals surface area contributed by atoms with Gasteiger partial charge in [0.1, 0.15) is 4.90 Å². The molecule has 4 nitrogen and oxygen atoms in total. The third-order valence-corrected chi connectivity index (χ3v) is 5.38. The van der Waals surface area contributed by atoms with Crippen molar-refractivity contribution in [2.24, 2.45) is 0 Å². The fourth-order valence-electron chi connectivity index (χ4n) is 2.22. The molecule has 0 spiro atoms. The Kier molecular flexibility index (Phi) is 4.55. The number of pyridine rings is 1. The summed E-state index contributed by atoms with van der Waals surface area (Å²) in [5.74, 6) is 0. The first-order chi connectivity index (χ1) is 11.0. The van der Waals surface area contributed by atoms with Gasteiger partial charge in [-0.25, -0.2) is 13.1 Å². The van der Waals surface area contributed by atoms with Crippen molar-refractivity contribution in [2.45, 2.75) is 11.4 Å². The van der Waals surface area contributed by atoms with E-state index >= 15 is 0 Å². The van der Waals surface area contributed by atoms with Crippen LogP contribution >= 0.6 is 23.2 Å². The average Bonchev–Trinajstić information content (AvgIpc) is 2.55. The molecule has 23 heavy (non-hydrogen) atoms. The molecule has 0 amide bonds. The first-order valence-corrected chi connectivity index (χ1v) is 8.98. The van der Waals surface area contributed by atoms with E-state index in [1.54, 1.807) is 36.5 Å². The van der Waals surface area contributed by atoms with Crippen molar-refractivity contribution >= 4 is 44.1 Å². The van der Waals surface area contributed by atoms with Crippen LogP contribution in [0, 0.1) is 0 Å². The Bertz CT molecular complexity index is 969. The van der Waals surface area contributed by atoms with E-state index in [1.807, 2.05) is 12.1 Å². The fraction of sp³-hybridized carbons (Fsp3) is 0.0625. The quantitative estimate of drug-likeness (QED) is 0.758. The monoisotopic (exact) mass is 366 g/mol. The Labute approximate surface area is 144 Å². The maximum Gasteiger partial charge on any atom is 0.243 e. The van der Waals surface area contributed by atoms with Crippen LogP contribution in [-0.2, 0) is 16.6 Å². The summed E-state index contributed by atoms with van der Waals surface area (Å²) in [4.78, 5) is 4.30. The molecule has 7 heteroatoms. The first kappa shape index (κ1) is 16.2. The van der Waals surface area contributed by atoms with Crippen molar-refractivity contribution in [3.05, 3.63) is 70.3 Å². The van der Waals surface area contributed by atoms with Crippen molar-refractivity contribution in [3.8, 4) is 0 Å². The molecule has 0 saturated carbocycles. The van der Waals surface area contributed by atoms with E-state index in [0.717, 1.165) is 5.39 Å². The maximum absolute atomic E-state index is 12.6. The molecule has 0 aliphatic rings. The van der Waals surface area contributed by atoms with Gasteiger partial charge in [0.15, 0.2) is 0 Å². The predicted molar refractivity (Wildman–Crippen MR) is 92.2 cm³/mol. The van der Waals surface area contributed by atoms with E-state index < -0.39 is 10.0 Å². The molecule has 118 valence electrons. The lowest BCUT2D eigenvalue weighted by atomic mass is 10.2. The summed E-state index contributed by atoms with van der Waals surface area (Å²) in [5.41, 5.74) is 1.04. The molecule has 1 aromatic heterocycles. The molecular weight excluding hydrogens is 355 g/mol. The van der Waals surface area contributed by atoms with Crippen LogP contribution in [0.1, 0.15) is 5.56 Å². The number of hydrogen-bond donors (Lipinski definition) is 1. The summed E-state index contributed by atoms with van der Waals surface area (Å²) >= 11 is 12.0. The van der Waals surface area contributed by atoms with Crippen LogP contribution in [0.15, 0.2) is 59.6 Å². The highest BCUT2D eigenvalue weighted by Gasteiger charge is 2.18. The highest BCUT2D eigenvalue weighted by Crippen LogP contribution is 2.23. The molecule has 0 fully saturated rings. The van der Waals surface area contributed by atoms with Gasteiger partial charge in [0.25, 0.3) is 0 Å². The Hall–Kier alpha value is -1.66. The standard InChI is InChI=1S/C16H12Cl2N2O2S/c17-13-6-7-14(18)12(9-13)10-20-23(21,22)15-5-1-3-11-4-2-8-19-16(11)15/h1-9,20H,10H2. The Morgan fingerprint density at radius 3 is 2.65 bits per heavy atom. The molecule has 1 heterocycles. The van der Waals surface area contributed by atoms with E-state index in [-0.39, 0.29) is 11.4 Å². The molecule has 0 atom stereocenters. The fourth-order valence-corrected chi connectivity index (χ4v) is 3.79. The van der Waals surface area contributed by atoms with Crippen molar-refractivity contribution in [2.75, 3.05) is 0 Å². The number of para-hydroxylation sites is 1. The molecule has 0 saturated heterocycles. The zero-order valence-corrected chi connectivity index (χ0v) is 14.2. The van der Waals surface area contributed by atoms with Crippen LogP contribution in [0.2, 0.25) is 10.0 Å². The van der Waals surface area contributed by atoms with Crippen molar-refractivity contribution in [1.82, 2.24) is 9.71 Å². The number of fused-ring (bicyclic) bond motifs is 1. The molecule has 3 rings (SSSR count). The number of hydrogen-bond acceptors (Lipinski definition) is 3. The number of benzene rings is 2. The molecule has 3 aromatic rings. The second-order valence-corrected chi connectivity index (χ2v) is 7.47. The third kappa shape index (κ3) is 3.48. The summed E-state index contributed by atoms with van der Waals surface area (Å²) in [6.45, 7) is 0.0466. The van der Waals surface area contributed by atoms with Gasteiger partial charge in [0, 0.05) is 28.2 Å². The van der Waals surface area contributed by atoms with Crippen LogP contribution in [0.5, 0.6) is 0 Å². The van der Waals surface area contributed by atoms with Crippen molar-refractivity contribution < 1.29 is 8.42 Å². The van der Waals surface area contributed by atoms with Crippen LogP contribution in [0.3, 0.4) is 0 Å². The van der Waals surface area contributed by atoms with Gasteiger partial charge in [-0.15, -0.1) is 0 Å². The van der Waals surface area contributed by atoms with Gasteiger partial charge in [-0.05, 0) is 35.9 Å². The lowest BCUT2D eigenvalue weighted by Gasteiger charge is -2.10. The van der Waals surface area contributed by atoms with Gasteiger partial charge >= 0.3 is 0 Å². The van der Waals surface area contributed by atoms with E-state index in [9.17, 15) is 8.42 Å². The van der Waals surface area contributed by atoms with E-state index in [0.29, 0.717) is 21.1 Å². The molecule has 0 aliphatic heterocycles. The minimum atomic E-state index is -3.73. The average molecular weight is 367 g/mol. The molecule has 2 aromatic carbocycles. The Morgan fingerprint density at radius 2 is 1.83 bits per heavy atom. The molecule has 1 N–H and O–H groups in total. The van der Waals surface area contributed by atoms with Crippen LogP contribution in [0.25, 0.3) is 10.9 Å². The van der Waals surface area contributed by atoms with Gasteiger partial charge in [-0.3, -0.25) is 4.98 Å². The molecule has 0 aliphatic carbocycles. The SMILES string of the molecule is O=S(=O)(NCc1cc(Cl)ccc1Cl)c1cccc2cccnc12. The molecule has 0 unspecified atom stereocenters. The van der Waals surface area contributed by atoms with E-state index in [2.05, 4.69) is 9.71 Å². The number of halogens is 2. The zero-order chi connectivity index (χ0) is 16.4. The van der Waals surface area contributed by atoms with Crippen molar-refractivity contribution in [3.63, 3.8) is 0 Å². The predicted octanol–water partition coefficient (Wildman–Crippen LogP) is 4.02. The summed E-state index contributed by atoms with van der Waals surface area (Å²) in [6, 6.07) is 13.5. The molecule has 0 bridgehead atoms. The van der Waals surface area contributed by atoms with Crippen LogP contribution in [-0.4, -0.2) is 13.4 Å². The highest BCUT2D eigenvalue weighted by molar-refractivity contribution is 7.89. The summed E-state index contributed by atoms with van der Waals surface area (Å²) in [6.07, 6.45) is 1.56. The smallest absolute Gasteiger partial charge is 0.243 e. The number of aromatic nitrogens is 1. The summed E-state index contributed by atoms with van der Waals surface area (Å²) in [5, 5.41) is 1.71. The highest BCUT2D eigenvalue weighted by atomic mass is 35.5. The van der Waals surface area contributed by atoms with Gasteiger partial charge in [0.2, 0.25) is 10.0 Å². The van der Waals surface area contributed by atoms with Gasteiger partial charge in [-0.1, -0.05) is 41.4 Å². The van der Waals surface area contributed by atoms with E-state index in [4.69, 9.17) is 23.2 Å². The second-order valence-electron chi connectivity index (χ2n) is 4.89. The van der Waals surface area contributed by atoms with E-state index in [1.165, 1.54) is 6.07 Å². The third-order valence-electron chi connectivity index (χ3n) is 3.35. The number of sulfonamides is 1. The second kappa shape index (κ2) is 6.45. The van der Waals surface area contributed by atoms with Crippen LogP contribution < -0.4 is 4.72 Å². The summed E-state index contributed by atoms with van der Waals surface area (Å²) in [7, 11) is -3.73. The zero-order valence-electron chi connectivity index (χ0n) is 11.8. The molecular formula is C16H12Cl2N2O2S. The normalized spacial score (nSPS) is 11.7. The minimum absolute atomic E-state index is 0.0466. The van der Waals surface area contributed by atoms with Gasteiger partial charge in [0.05, 0.1) is 5.52 Å². The Balaban J connectivity index is 1.94. The topological polar surface area (TPSA) is 59.1 Å². The molecule has 0 radical (unpaired) electrons. The first-order valence-electron chi connectivity index (χ1n) is 6.75. The lowest BCUT2D eigenvalue weighted by molar-refractivity contribution is 0.582. The van der Waals surface area contributed by atoms with Gasteiger partial charge < -0.3 is 0 Å². The van der Waals surface area contributed by atoms with Crippen molar-refractivity contribution in [1.29, 1.82) is 0 Å². The maximum atomic E-state index is 12.6. The van der Waals surface area contributed by atoms with Gasteiger partial charge in [-0.2, -0.15) is 0 Å². The minimum Gasteiger partial charge on any atom is -0.255 e. The lowest BCUT2D eigenvalue weighted by Crippen LogP contribution is -2.23. The summed E-state index contributed by atoms with van der Waals surface area (Å²) < 4.78 is 27.7.